The standard InChI is InChI=1S/C14H14BrNO4/c1-9(17)14(2,13(19)20)16-12(18)11-5-3-10(4-6-11)7-8-15/h3-6,9,17H,1-2H3,(H,16,18)(H,19,20)/t9-,14+/m1/s1. The molecular weight excluding hydrogens is 326 g/mol. The second-order valence-corrected chi connectivity index (χ2v) is 4.83. The summed E-state index contributed by atoms with van der Waals surface area (Å²) < 4.78 is 0. The van der Waals surface area contributed by atoms with E-state index >= 15 is 0 Å². The van der Waals surface area contributed by atoms with Gasteiger partial charge in [-0.2, -0.15) is 0 Å². The molecule has 0 bridgehead atoms. The van der Waals surface area contributed by atoms with E-state index in [1.807, 2.05) is 0 Å². The molecule has 0 heterocycles. The second-order valence-electron chi connectivity index (χ2n) is 4.43. The number of carboxylic acid groups (broad SMARTS) is 1. The second kappa shape index (κ2) is 6.55. The topological polar surface area (TPSA) is 86.6 Å². The van der Waals surface area contributed by atoms with Crippen LogP contribution in [-0.4, -0.2) is 33.7 Å². The van der Waals surface area contributed by atoms with Crippen LogP contribution >= 0.6 is 15.9 Å². The zero-order valence-electron chi connectivity index (χ0n) is 11.0. The molecule has 0 unspecified atom stereocenters. The molecule has 1 aromatic rings. The van der Waals surface area contributed by atoms with Gasteiger partial charge in [0.05, 0.1) is 6.10 Å². The summed E-state index contributed by atoms with van der Waals surface area (Å²) in [5.41, 5.74) is -0.737. The monoisotopic (exact) mass is 339 g/mol. The molecule has 0 aliphatic heterocycles. The van der Waals surface area contributed by atoms with Crippen molar-refractivity contribution < 1.29 is 19.8 Å². The molecule has 1 rings (SSSR count). The van der Waals surface area contributed by atoms with Crippen molar-refractivity contribution in [3.8, 4) is 10.8 Å². The summed E-state index contributed by atoms with van der Waals surface area (Å²) in [4.78, 5) is 25.7. The summed E-state index contributed by atoms with van der Waals surface area (Å²) in [7, 11) is 0. The molecule has 0 saturated heterocycles. The van der Waals surface area contributed by atoms with Gasteiger partial charge >= 0.3 is 5.97 Å². The number of halogens is 1. The van der Waals surface area contributed by atoms with Crippen molar-refractivity contribution in [2.24, 2.45) is 0 Å². The van der Waals surface area contributed by atoms with Gasteiger partial charge in [-0.05, 0) is 42.9 Å². The van der Waals surface area contributed by atoms with Crippen molar-refractivity contribution in [1.29, 1.82) is 0 Å². The first kappa shape index (κ1) is 16.2. The van der Waals surface area contributed by atoms with Crippen LogP contribution in [0.3, 0.4) is 0 Å². The van der Waals surface area contributed by atoms with Gasteiger partial charge in [0, 0.05) is 27.1 Å². The largest absolute Gasteiger partial charge is 0.479 e. The van der Waals surface area contributed by atoms with Crippen LogP contribution in [0.4, 0.5) is 0 Å². The molecule has 20 heavy (non-hydrogen) atoms. The van der Waals surface area contributed by atoms with Gasteiger partial charge in [0.1, 0.15) is 0 Å². The summed E-state index contributed by atoms with van der Waals surface area (Å²) in [5, 5.41) is 21.0. The molecule has 0 saturated carbocycles. The molecule has 1 aromatic carbocycles. The highest BCUT2D eigenvalue weighted by Gasteiger charge is 2.40. The Morgan fingerprint density at radius 1 is 1.35 bits per heavy atom. The van der Waals surface area contributed by atoms with Crippen molar-refractivity contribution in [2.75, 3.05) is 0 Å². The van der Waals surface area contributed by atoms with Crippen LogP contribution in [0, 0.1) is 10.8 Å². The minimum atomic E-state index is -1.74. The Balaban J connectivity index is 2.94. The molecule has 0 fully saturated rings. The van der Waals surface area contributed by atoms with E-state index in [1.165, 1.54) is 26.0 Å². The normalized spacial score (nSPS) is 14.4. The first-order valence-corrected chi connectivity index (χ1v) is 6.56. The molecule has 0 aliphatic carbocycles. The average molecular weight is 340 g/mol. The summed E-state index contributed by atoms with van der Waals surface area (Å²) in [6, 6.07) is 6.35. The van der Waals surface area contributed by atoms with Crippen LogP contribution in [-0.2, 0) is 4.79 Å². The van der Waals surface area contributed by atoms with Gasteiger partial charge in [0.2, 0.25) is 0 Å². The lowest BCUT2D eigenvalue weighted by Crippen LogP contribution is -2.59. The fraction of sp³-hybridized carbons (Fsp3) is 0.286. The molecule has 106 valence electrons. The zero-order valence-corrected chi connectivity index (χ0v) is 12.6. The number of carboxylic acids is 1. The number of aliphatic hydroxyl groups excluding tert-OH is 1. The molecule has 0 aromatic heterocycles. The third-order valence-corrected chi connectivity index (χ3v) is 3.19. The quantitative estimate of drug-likeness (QED) is 0.722. The molecular formula is C14H14BrNO4. The smallest absolute Gasteiger partial charge is 0.331 e. The van der Waals surface area contributed by atoms with Crippen molar-refractivity contribution in [3.63, 3.8) is 0 Å². The highest BCUT2D eigenvalue weighted by Crippen LogP contribution is 2.12. The fourth-order valence-electron chi connectivity index (χ4n) is 1.40. The van der Waals surface area contributed by atoms with Crippen LogP contribution in [0.1, 0.15) is 29.8 Å². The van der Waals surface area contributed by atoms with Crippen LogP contribution in [0.2, 0.25) is 0 Å². The molecule has 6 heteroatoms. The van der Waals surface area contributed by atoms with Crippen LogP contribution in [0.15, 0.2) is 24.3 Å². The van der Waals surface area contributed by atoms with Gasteiger partial charge in [0.25, 0.3) is 5.91 Å². The number of hydrogen-bond acceptors (Lipinski definition) is 3. The molecule has 1 amide bonds. The van der Waals surface area contributed by atoms with Crippen LogP contribution in [0.5, 0.6) is 0 Å². The first-order chi connectivity index (χ1) is 9.31. The maximum Gasteiger partial charge on any atom is 0.331 e. The lowest BCUT2D eigenvalue weighted by Gasteiger charge is -2.29. The highest BCUT2D eigenvalue weighted by atomic mass is 79.9. The summed E-state index contributed by atoms with van der Waals surface area (Å²) in [6.07, 6.45) is -1.23. The number of benzene rings is 1. The predicted molar refractivity (Wildman–Crippen MR) is 77.4 cm³/mol. The SMILES string of the molecule is C[C@@H](O)[C@](C)(NC(=O)c1ccc(C#CBr)cc1)C(=O)O. The molecule has 0 spiro atoms. The van der Waals surface area contributed by atoms with E-state index in [9.17, 15) is 14.7 Å². The number of nitrogens with one attached hydrogen (secondary N) is 1. The van der Waals surface area contributed by atoms with Gasteiger partial charge in [-0.25, -0.2) is 4.79 Å². The Morgan fingerprint density at radius 2 is 1.90 bits per heavy atom. The predicted octanol–water partition coefficient (Wildman–Crippen LogP) is 1.34. The summed E-state index contributed by atoms with van der Waals surface area (Å²) in [5.74, 6) is 0.881. The lowest BCUT2D eigenvalue weighted by atomic mass is 9.95. The third-order valence-electron chi connectivity index (χ3n) is 2.99. The number of aliphatic hydroxyl groups is 1. The lowest BCUT2D eigenvalue weighted by molar-refractivity contribution is -0.148. The van der Waals surface area contributed by atoms with Crippen molar-refractivity contribution in [1.82, 2.24) is 5.32 Å². The van der Waals surface area contributed by atoms with Crippen LogP contribution < -0.4 is 5.32 Å². The number of hydrogen-bond donors (Lipinski definition) is 3. The summed E-state index contributed by atoms with van der Waals surface area (Å²) >= 11 is 2.97. The Hall–Kier alpha value is -1.84. The number of rotatable bonds is 4. The highest BCUT2D eigenvalue weighted by molar-refractivity contribution is 9.12. The van der Waals surface area contributed by atoms with E-state index < -0.39 is 23.5 Å². The van der Waals surface area contributed by atoms with E-state index in [-0.39, 0.29) is 0 Å². The number of carbonyl (C=O) groups is 2. The van der Waals surface area contributed by atoms with Gasteiger partial charge in [-0.1, -0.05) is 5.92 Å². The molecule has 0 radical (unpaired) electrons. The van der Waals surface area contributed by atoms with Crippen LogP contribution in [0.25, 0.3) is 0 Å². The number of amides is 1. The fourth-order valence-corrected chi connectivity index (χ4v) is 1.63. The minimum Gasteiger partial charge on any atom is -0.479 e. The Labute approximate surface area is 125 Å². The molecule has 5 nitrogen and oxygen atoms in total. The maximum absolute atomic E-state index is 12.0. The Kier molecular flexibility index (Phi) is 5.31. The van der Waals surface area contributed by atoms with E-state index in [0.717, 1.165) is 5.56 Å². The third kappa shape index (κ3) is 3.59. The van der Waals surface area contributed by atoms with Gasteiger partial charge in [-0.3, -0.25) is 4.79 Å². The van der Waals surface area contributed by atoms with Gasteiger partial charge < -0.3 is 15.5 Å². The summed E-state index contributed by atoms with van der Waals surface area (Å²) in [6.45, 7) is 2.56. The van der Waals surface area contributed by atoms with E-state index in [0.29, 0.717) is 5.56 Å². The van der Waals surface area contributed by atoms with Gasteiger partial charge in [0.15, 0.2) is 5.54 Å². The molecule has 3 N–H and O–H groups in total. The van der Waals surface area contributed by atoms with E-state index in [2.05, 4.69) is 32.0 Å². The number of aliphatic carboxylic acids is 1. The van der Waals surface area contributed by atoms with Crippen molar-refractivity contribution >= 4 is 27.8 Å². The zero-order chi connectivity index (χ0) is 15.3. The first-order valence-electron chi connectivity index (χ1n) is 5.77. The average Bonchev–Trinajstić information content (AvgIpc) is 2.39. The molecule has 0 aliphatic rings. The van der Waals surface area contributed by atoms with E-state index in [1.54, 1.807) is 12.1 Å². The minimum absolute atomic E-state index is 0.290. The maximum atomic E-state index is 12.0. The molecule has 2 atom stereocenters. The van der Waals surface area contributed by atoms with E-state index in [4.69, 9.17) is 5.11 Å². The Morgan fingerprint density at radius 3 is 2.30 bits per heavy atom. The van der Waals surface area contributed by atoms with Gasteiger partial charge in [-0.15, -0.1) is 0 Å². The van der Waals surface area contributed by atoms with Crippen molar-refractivity contribution in [2.45, 2.75) is 25.5 Å². The number of carbonyl (C=O) groups excluding carboxylic acids is 1. The Bertz CT molecular complexity index is 571. The van der Waals surface area contributed by atoms with Crippen molar-refractivity contribution in [3.05, 3.63) is 35.4 Å².